The van der Waals surface area contributed by atoms with Gasteiger partial charge in [-0.05, 0) is 60.5 Å². The van der Waals surface area contributed by atoms with E-state index in [1.165, 1.54) is 0 Å². The maximum absolute atomic E-state index is 7.00. The second-order valence-corrected chi connectivity index (χ2v) is 28.4. The van der Waals surface area contributed by atoms with Crippen molar-refractivity contribution in [2.45, 2.75) is 141 Å². The molecule has 0 aliphatic carbocycles. The van der Waals surface area contributed by atoms with Crippen molar-refractivity contribution in [1.82, 2.24) is 0 Å². The van der Waals surface area contributed by atoms with Crippen LogP contribution in [0.25, 0.3) is 0 Å². The molecule has 182 valence electrons. The van der Waals surface area contributed by atoms with Crippen LogP contribution in [0.2, 0.25) is 54.4 Å². The molecular weight excluding hydrogens is 437 g/mol. The first-order valence-electron chi connectivity index (χ1n) is 11.9. The molecular formula is C24H50O4Si3. The maximum atomic E-state index is 7.00. The van der Waals surface area contributed by atoms with Crippen molar-refractivity contribution in [3.8, 4) is 0 Å². The molecule has 31 heavy (non-hydrogen) atoms. The third-order valence-corrected chi connectivity index (χ3v) is 21.8. The van der Waals surface area contributed by atoms with Crippen molar-refractivity contribution in [3.63, 3.8) is 0 Å². The van der Waals surface area contributed by atoms with Gasteiger partial charge >= 0.3 is 0 Å². The normalized spacial score (nSPS) is 28.2. The van der Waals surface area contributed by atoms with E-state index in [1.807, 2.05) is 0 Å². The fourth-order valence-corrected chi connectivity index (χ4v) is 6.81. The van der Waals surface area contributed by atoms with Crippen molar-refractivity contribution in [2.75, 3.05) is 0 Å². The zero-order valence-corrected chi connectivity index (χ0v) is 26.0. The Bertz CT molecular complexity index is 693. The van der Waals surface area contributed by atoms with Crippen LogP contribution in [0.4, 0.5) is 0 Å². The third kappa shape index (κ3) is 5.43. The Morgan fingerprint density at radius 3 is 1.42 bits per heavy atom. The lowest BCUT2D eigenvalue weighted by atomic mass is 10.0. The second kappa shape index (κ2) is 8.08. The van der Waals surface area contributed by atoms with Gasteiger partial charge in [-0.3, -0.25) is 0 Å². The van der Waals surface area contributed by atoms with Crippen molar-refractivity contribution in [1.29, 1.82) is 0 Å². The van der Waals surface area contributed by atoms with E-state index < -0.39 is 25.0 Å². The summed E-state index contributed by atoms with van der Waals surface area (Å²) in [6, 6.07) is 0. The maximum Gasteiger partial charge on any atom is 0.250 e. The molecule has 0 aromatic rings. The van der Waals surface area contributed by atoms with Gasteiger partial charge in [-0.2, -0.15) is 0 Å². The van der Waals surface area contributed by atoms with E-state index >= 15 is 0 Å². The van der Waals surface area contributed by atoms with Gasteiger partial charge in [-0.25, -0.2) is 0 Å². The summed E-state index contributed by atoms with van der Waals surface area (Å²) in [6.07, 6.45) is 1.77. The molecule has 1 fully saturated rings. The van der Waals surface area contributed by atoms with Gasteiger partial charge in [0.2, 0.25) is 8.32 Å². The van der Waals surface area contributed by atoms with Crippen LogP contribution in [-0.4, -0.2) is 49.4 Å². The van der Waals surface area contributed by atoms with Crippen LogP contribution < -0.4 is 0 Å². The summed E-state index contributed by atoms with van der Waals surface area (Å²) >= 11 is 0. The minimum atomic E-state index is -2.01. The molecule has 0 aromatic carbocycles. The molecule has 0 N–H and O–H groups in total. The van der Waals surface area contributed by atoms with Crippen LogP contribution in [0.5, 0.6) is 0 Å². The molecule has 2 rings (SSSR count). The first-order valence-corrected chi connectivity index (χ1v) is 20.6. The van der Waals surface area contributed by atoms with Crippen LogP contribution in [0.15, 0.2) is 11.8 Å². The molecule has 2 bridgehead atoms. The molecule has 0 unspecified atom stereocenters. The lowest BCUT2D eigenvalue weighted by Crippen LogP contribution is -2.55. The van der Waals surface area contributed by atoms with E-state index in [4.69, 9.17) is 18.0 Å². The highest BCUT2D eigenvalue weighted by Crippen LogP contribution is 2.48. The summed E-state index contributed by atoms with van der Waals surface area (Å²) in [6.45, 7) is 34.5. The van der Waals surface area contributed by atoms with E-state index in [-0.39, 0.29) is 39.5 Å². The number of hydrogen-bond donors (Lipinski definition) is 0. The highest BCUT2D eigenvalue weighted by molar-refractivity contribution is 6.75. The Hall–Kier alpha value is 0.0706. The molecule has 0 radical (unpaired) electrons. The van der Waals surface area contributed by atoms with Gasteiger partial charge in [0.25, 0.3) is 0 Å². The van der Waals surface area contributed by atoms with Gasteiger partial charge in [0.1, 0.15) is 30.2 Å². The summed E-state index contributed by atoms with van der Waals surface area (Å²) < 4.78 is 27.2. The Morgan fingerprint density at radius 1 is 0.645 bits per heavy atom. The van der Waals surface area contributed by atoms with E-state index in [2.05, 4.69) is 108 Å². The van der Waals surface area contributed by atoms with Gasteiger partial charge < -0.3 is 18.0 Å². The number of hydrogen-bond acceptors (Lipinski definition) is 4. The largest absolute Gasteiger partial charge is 0.545 e. The molecule has 0 amide bonds. The monoisotopic (exact) mass is 486 g/mol. The van der Waals surface area contributed by atoms with Gasteiger partial charge in [0.15, 0.2) is 16.6 Å². The number of fused-ring (bicyclic) bond motifs is 2. The fourth-order valence-electron chi connectivity index (χ4n) is 3.14. The second-order valence-electron chi connectivity index (χ2n) is 14.1. The summed E-state index contributed by atoms with van der Waals surface area (Å²) in [4.78, 5) is 0. The Kier molecular flexibility index (Phi) is 7.12. The molecule has 4 atom stereocenters. The van der Waals surface area contributed by atoms with Crippen molar-refractivity contribution in [3.05, 3.63) is 11.8 Å². The van der Waals surface area contributed by atoms with Crippen LogP contribution in [0, 0.1) is 0 Å². The highest BCUT2D eigenvalue weighted by atomic mass is 28.4. The van der Waals surface area contributed by atoms with Crippen LogP contribution in [0.1, 0.15) is 62.3 Å². The predicted molar refractivity (Wildman–Crippen MR) is 139 cm³/mol. The lowest BCUT2D eigenvalue weighted by Gasteiger charge is -2.45. The molecule has 0 aromatic heterocycles. The molecule has 4 nitrogen and oxygen atoms in total. The average Bonchev–Trinajstić information content (AvgIpc) is 3.02. The van der Waals surface area contributed by atoms with E-state index in [1.54, 1.807) is 0 Å². The van der Waals surface area contributed by atoms with Crippen LogP contribution >= 0.6 is 0 Å². The molecule has 0 saturated carbocycles. The van der Waals surface area contributed by atoms with Crippen molar-refractivity contribution >= 4 is 25.0 Å². The molecule has 2 aliphatic rings. The fraction of sp³-hybridized carbons (Fsp3) is 0.917. The first kappa shape index (κ1) is 27.3. The Labute approximate surface area is 195 Å². The standard InChI is InChI=1S/C24H50O4Si3/c1-22(2,3)29(10,11)26-18-16-17-20(27-30(12,13)23(4,5)6)21(19(18)25-17)28-31(14,15)24(7,8)9/h16-17,19-21H,1-15H3/t17-,19+,20-,21+/m1/s1. The summed E-state index contributed by atoms with van der Waals surface area (Å²) in [5.41, 5.74) is 0. The van der Waals surface area contributed by atoms with Gasteiger partial charge in [-0.1, -0.05) is 62.3 Å². The Morgan fingerprint density at radius 2 is 1.03 bits per heavy atom. The molecule has 2 heterocycles. The number of rotatable bonds is 6. The quantitative estimate of drug-likeness (QED) is 0.365. The molecule has 0 spiro atoms. The summed E-state index contributed by atoms with van der Waals surface area (Å²) in [5, 5.41) is 0.406. The summed E-state index contributed by atoms with van der Waals surface area (Å²) in [7, 11) is -5.94. The Balaban J connectivity index is 2.39. The zero-order chi connectivity index (χ0) is 24.4. The lowest BCUT2D eigenvalue weighted by molar-refractivity contribution is 0.0364. The smallest absolute Gasteiger partial charge is 0.250 e. The van der Waals surface area contributed by atoms with E-state index in [9.17, 15) is 0 Å². The van der Waals surface area contributed by atoms with Gasteiger partial charge in [-0.15, -0.1) is 0 Å². The topological polar surface area (TPSA) is 36.9 Å². The van der Waals surface area contributed by atoms with Crippen molar-refractivity contribution in [2.24, 2.45) is 0 Å². The SMILES string of the molecule is CC(C)(C)[Si](C)(C)OC1=C[C@H]2O[C@@H]1[C@H](O[Si](C)(C)C(C)(C)C)[C@@H]2O[Si](C)(C)C(C)(C)C. The summed E-state index contributed by atoms with van der Waals surface area (Å²) in [5.74, 6) is 0.982. The zero-order valence-electron chi connectivity index (χ0n) is 23.0. The van der Waals surface area contributed by atoms with Gasteiger partial charge in [0, 0.05) is 0 Å². The molecule has 1 saturated heterocycles. The third-order valence-electron chi connectivity index (χ3n) is 8.51. The van der Waals surface area contributed by atoms with E-state index in [0.717, 1.165) is 5.76 Å². The van der Waals surface area contributed by atoms with Crippen LogP contribution in [-0.2, 0) is 18.0 Å². The minimum absolute atomic E-state index is 0.0632. The van der Waals surface area contributed by atoms with E-state index in [0.29, 0.717) is 0 Å². The van der Waals surface area contributed by atoms with Crippen molar-refractivity contribution < 1.29 is 18.0 Å². The average molecular weight is 487 g/mol. The number of ether oxygens (including phenoxy) is 1. The molecule has 7 heteroatoms. The van der Waals surface area contributed by atoms with Crippen LogP contribution in [0.3, 0.4) is 0 Å². The molecule has 2 aliphatic heterocycles. The highest BCUT2D eigenvalue weighted by Gasteiger charge is 2.58. The minimum Gasteiger partial charge on any atom is -0.545 e. The predicted octanol–water partition coefficient (Wildman–Crippen LogP) is 7.45. The first-order chi connectivity index (χ1) is 13.5. The van der Waals surface area contributed by atoms with Gasteiger partial charge in [0.05, 0.1) is 0 Å².